The molecule has 2 amide bonds. The number of anilines is 1. The van der Waals surface area contributed by atoms with Crippen molar-refractivity contribution in [3.8, 4) is 0 Å². The molecule has 0 saturated carbocycles. The van der Waals surface area contributed by atoms with E-state index >= 15 is 0 Å². The van der Waals surface area contributed by atoms with Gasteiger partial charge in [0.05, 0.1) is 26.2 Å². The maximum absolute atomic E-state index is 13.1. The van der Waals surface area contributed by atoms with Gasteiger partial charge >= 0.3 is 0 Å². The van der Waals surface area contributed by atoms with E-state index in [2.05, 4.69) is 6.07 Å². The molecule has 0 aliphatic carbocycles. The fourth-order valence-corrected chi connectivity index (χ4v) is 3.64. The lowest BCUT2D eigenvalue weighted by atomic mass is 9.96. The number of carbonyl (C=O) groups is 2. The van der Waals surface area contributed by atoms with Crippen molar-refractivity contribution in [3.05, 3.63) is 29.8 Å². The van der Waals surface area contributed by atoms with Crippen LogP contribution in [0.4, 0.5) is 5.69 Å². The second-order valence-corrected chi connectivity index (χ2v) is 6.83. The molecule has 2 aliphatic heterocycles. The average molecular weight is 346 g/mol. The Morgan fingerprint density at radius 1 is 1.28 bits per heavy atom. The molecule has 25 heavy (non-hydrogen) atoms. The molecular weight excluding hydrogens is 320 g/mol. The minimum absolute atomic E-state index is 0.0167. The Labute approximate surface area is 148 Å². The van der Waals surface area contributed by atoms with Crippen molar-refractivity contribution in [1.29, 1.82) is 0 Å². The van der Waals surface area contributed by atoms with E-state index in [-0.39, 0.29) is 18.2 Å². The molecule has 6 heteroatoms. The molecule has 1 saturated heterocycles. The molecule has 136 valence electrons. The van der Waals surface area contributed by atoms with Gasteiger partial charge in [0, 0.05) is 32.8 Å². The number of hydrogen-bond acceptors (Lipinski definition) is 4. The highest BCUT2D eigenvalue weighted by Crippen LogP contribution is 2.29. The second kappa shape index (κ2) is 7.54. The first-order chi connectivity index (χ1) is 12.0. The normalized spacial score (nSPS) is 23.8. The van der Waals surface area contributed by atoms with E-state index in [9.17, 15) is 9.59 Å². The van der Waals surface area contributed by atoms with Crippen LogP contribution in [0.2, 0.25) is 0 Å². The fourth-order valence-electron chi connectivity index (χ4n) is 3.64. The molecular formula is C19H26N2O4. The Morgan fingerprint density at radius 2 is 2.08 bits per heavy atom. The predicted molar refractivity (Wildman–Crippen MR) is 94.5 cm³/mol. The van der Waals surface area contributed by atoms with Gasteiger partial charge in [-0.2, -0.15) is 0 Å². The van der Waals surface area contributed by atoms with Gasteiger partial charge in [0.2, 0.25) is 11.8 Å². The van der Waals surface area contributed by atoms with Crippen molar-refractivity contribution in [2.75, 3.05) is 44.9 Å². The Kier molecular flexibility index (Phi) is 5.39. The number of aryl methyl sites for hydroxylation is 1. The molecule has 1 aromatic rings. The first-order valence-corrected chi connectivity index (χ1v) is 8.81. The van der Waals surface area contributed by atoms with E-state index < -0.39 is 5.60 Å². The number of ether oxygens (including phenoxy) is 2. The van der Waals surface area contributed by atoms with Crippen LogP contribution in [-0.2, 0) is 25.5 Å². The highest BCUT2D eigenvalue weighted by Gasteiger charge is 2.39. The zero-order valence-corrected chi connectivity index (χ0v) is 15.0. The number of para-hydroxylation sites is 1. The molecule has 3 rings (SSSR count). The summed E-state index contributed by atoms with van der Waals surface area (Å²) in [6, 6.07) is 8.04. The van der Waals surface area contributed by atoms with Gasteiger partial charge < -0.3 is 19.3 Å². The summed E-state index contributed by atoms with van der Waals surface area (Å²) in [6.07, 6.45) is 2.15. The standard InChI is InChI=1S/C19H26N2O4/c1-15(22)20-10-11-25-14-19(13-20,24-2)12-18(23)21-9-5-7-16-6-3-4-8-17(16)21/h3-4,6,8H,5,7,9-14H2,1-2H3/t19-/m0/s1. The molecule has 0 aromatic heterocycles. The third-order valence-electron chi connectivity index (χ3n) is 5.11. The molecule has 2 heterocycles. The SMILES string of the molecule is CO[C@]1(CC(=O)N2CCCc3ccccc32)COCCN(C(C)=O)C1. The molecule has 0 unspecified atom stereocenters. The van der Waals surface area contributed by atoms with Crippen molar-refractivity contribution in [1.82, 2.24) is 4.90 Å². The van der Waals surface area contributed by atoms with Gasteiger partial charge in [0.15, 0.2) is 0 Å². The first-order valence-electron chi connectivity index (χ1n) is 8.81. The Morgan fingerprint density at radius 3 is 2.84 bits per heavy atom. The Bertz CT molecular complexity index is 648. The second-order valence-electron chi connectivity index (χ2n) is 6.83. The molecule has 0 N–H and O–H groups in total. The van der Waals surface area contributed by atoms with E-state index in [1.54, 1.807) is 12.0 Å². The van der Waals surface area contributed by atoms with E-state index in [0.717, 1.165) is 18.5 Å². The van der Waals surface area contributed by atoms with E-state index in [4.69, 9.17) is 9.47 Å². The minimum atomic E-state index is -0.800. The molecule has 2 aliphatic rings. The lowest BCUT2D eigenvalue weighted by molar-refractivity contribution is -0.138. The van der Waals surface area contributed by atoms with Crippen molar-refractivity contribution in [2.24, 2.45) is 0 Å². The van der Waals surface area contributed by atoms with Gasteiger partial charge in [0.1, 0.15) is 5.60 Å². The van der Waals surface area contributed by atoms with Gasteiger partial charge in [-0.1, -0.05) is 18.2 Å². The lowest BCUT2D eigenvalue weighted by Crippen LogP contribution is -2.51. The highest BCUT2D eigenvalue weighted by molar-refractivity contribution is 5.95. The van der Waals surface area contributed by atoms with Gasteiger partial charge in [-0.3, -0.25) is 9.59 Å². The summed E-state index contributed by atoms with van der Waals surface area (Å²) in [5, 5.41) is 0. The summed E-state index contributed by atoms with van der Waals surface area (Å²) in [5.74, 6) is -0.00862. The summed E-state index contributed by atoms with van der Waals surface area (Å²) < 4.78 is 11.4. The number of methoxy groups -OCH3 is 1. The monoisotopic (exact) mass is 346 g/mol. The third kappa shape index (κ3) is 3.85. The molecule has 0 bridgehead atoms. The van der Waals surface area contributed by atoms with Gasteiger partial charge in [-0.15, -0.1) is 0 Å². The van der Waals surface area contributed by atoms with Crippen LogP contribution in [0.3, 0.4) is 0 Å². The Hall–Kier alpha value is -1.92. The van der Waals surface area contributed by atoms with E-state index in [0.29, 0.717) is 32.8 Å². The van der Waals surface area contributed by atoms with Gasteiger partial charge in [0.25, 0.3) is 0 Å². The number of fused-ring (bicyclic) bond motifs is 1. The number of nitrogens with zero attached hydrogens (tertiary/aromatic N) is 2. The fraction of sp³-hybridized carbons (Fsp3) is 0.579. The van der Waals surface area contributed by atoms with E-state index in [1.165, 1.54) is 12.5 Å². The summed E-state index contributed by atoms with van der Waals surface area (Å²) in [6.45, 7) is 3.93. The van der Waals surface area contributed by atoms with Crippen LogP contribution in [0.25, 0.3) is 0 Å². The van der Waals surface area contributed by atoms with Crippen LogP contribution in [0.1, 0.15) is 25.3 Å². The molecule has 1 aromatic carbocycles. The number of benzene rings is 1. The maximum atomic E-state index is 13.1. The van der Waals surface area contributed by atoms with Crippen molar-refractivity contribution < 1.29 is 19.1 Å². The zero-order chi connectivity index (χ0) is 17.9. The van der Waals surface area contributed by atoms with Gasteiger partial charge in [-0.25, -0.2) is 0 Å². The Balaban J connectivity index is 1.79. The van der Waals surface area contributed by atoms with Crippen molar-refractivity contribution >= 4 is 17.5 Å². The molecule has 0 radical (unpaired) electrons. The number of hydrogen-bond donors (Lipinski definition) is 0. The van der Waals surface area contributed by atoms with Crippen molar-refractivity contribution in [3.63, 3.8) is 0 Å². The van der Waals surface area contributed by atoms with Crippen LogP contribution < -0.4 is 4.90 Å². The number of rotatable bonds is 3. The van der Waals surface area contributed by atoms with Crippen LogP contribution in [0.15, 0.2) is 24.3 Å². The van der Waals surface area contributed by atoms with Crippen LogP contribution in [-0.4, -0.2) is 62.3 Å². The first kappa shape index (κ1) is 17.9. The summed E-state index contributed by atoms with van der Waals surface area (Å²) in [7, 11) is 1.59. The number of carbonyl (C=O) groups excluding carboxylic acids is 2. The van der Waals surface area contributed by atoms with Crippen molar-refractivity contribution in [2.45, 2.75) is 31.8 Å². The third-order valence-corrected chi connectivity index (χ3v) is 5.11. The molecule has 1 fully saturated rings. The summed E-state index contributed by atoms with van der Waals surface area (Å²) >= 11 is 0. The average Bonchev–Trinajstić information content (AvgIpc) is 2.84. The van der Waals surface area contributed by atoms with Crippen LogP contribution in [0.5, 0.6) is 0 Å². The predicted octanol–water partition coefficient (Wildman–Crippen LogP) is 1.62. The minimum Gasteiger partial charge on any atom is -0.377 e. The smallest absolute Gasteiger partial charge is 0.230 e. The lowest BCUT2D eigenvalue weighted by Gasteiger charge is -2.36. The van der Waals surface area contributed by atoms with Gasteiger partial charge in [-0.05, 0) is 24.5 Å². The molecule has 6 nitrogen and oxygen atoms in total. The van der Waals surface area contributed by atoms with Crippen LogP contribution >= 0.6 is 0 Å². The van der Waals surface area contributed by atoms with Crippen LogP contribution in [0, 0.1) is 0 Å². The topological polar surface area (TPSA) is 59.1 Å². The largest absolute Gasteiger partial charge is 0.377 e. The molecule has 0 spiro atoms. The van der Waals surface area contributed by atoms with E-state index in [1.807, 2.05) is 23.1 Å². The number of amides is 2. The zero-order valence-electron chi connectivity index (χ0n) is 15.0. The molecule has 1 atom stereocenters. The maximum Gasteiger partial charge on any atom is 0.230 e. The quantitative estimate of drug-likeness (QED) is 0.834. The highest BCUT2D eigenvalue weighted by atomic mass is 16.5. The summed E-state index contributed by atoms with van der Waals surface area (Å²) in [5.41, 5.74) is 1.39. The summed E-state index contributed by atoms with van der Waals surface area (Å²) in [4.78, 5) is 28.4.